The molecule has 4 rings (SSSR count). The van der Waals surface area contributed by atoms with E-state index in [1.54, 1.807) is 48.5 Å². The van der Waals surface area contributed by atoms with Gasteiger partial charge in [-0.3, -0.25) is 14.3 Å². The van der Waals surface area contributed by atoms with E-state index in [-0.39, 0.29) is 26.8 Å². The standard InChI is InChI=1S/C23H17ClN2O5S/c1-31-19-9-5-4-8-18(19)26-32(29,30)15-12-10-14(11-13-15)25-21-20(24)22(27)16-6-2-3-7-17(16)23(21)28/h2-13,25-26H,1H3. The Morgan fingerprint density at radius 3 is 2.06 bits per heavy atom. The maximum Gasteiger partial charge on any atom is 0.262 e. The van der Waals surface area contributed by atoms with Crippen molar-refractivity contribution in [3.8, 4) is 5.75 Å². The van der Waals surface area contributed by atoms with E-state index in [1.165, 1.54) is 31.4 Å². The zero-order valence-corrected chi connectivity index (χ0v) is 18.3. The molecule has 9 heteroatoms. The summed E-state index contributed by atoms with van der Waals surface area (Å²) in [5.41, 5.74) is 1.15. The summed E-state index contributed by atoms with van der Waals surface area (Å²) in [6.07, 6.45) is 0. The predicted octanol–water partition coefficient (Wildman–Crippen LogP) is 4.44. The van der Waals surface area contributed by atoms with Gasteiger partial charge in [0.15, 0.2) is 0 Å². The third kappa shape index (κ3) is 3.98. The lowest BCUT2D eigenvalue weighted by molar-refractivity contribution is 0.0982. The number of allylic oxidation sites excluding steroid dienone is 2. The number of ether oxygens (including phenoxy) is 1. The van der Waals surface area contributed by atoms with Gasteiger partial charge in [-0.05, 0) is 36.4 Å². The first-order valence-electron chi connectivity index (χ1n) is 9.43. The molecule has 0 bridgehead atoms. The number of carbonyl (C=O) groups is 2. The topological polar surface area (TPSA) is 102 Å². The van der Waals surface area contributed by atoms with Crippen molar-refractivity contribution in [1.82, 2.24) is 0 Å². The van der Waals surface area contributed by atoms with Gasteiger partial charge in [-0.1, -0.05) is 48.0 Å². The van der Waals surface area contributed by atoms with Crippen LogP contribution in [0.5, 0.6) is 5.75 Å². The number of anilines is 2. The van der Waals surface area contributed by atoms with Crippen molar-refractivity contribution < 1.29 is 22.7 Å². The van der Waals surface area contributed by atoms with E-state index >= 15 is 0 Å². The van der Waals surface area contributed by atoms with Crippen LogP contribution in [0.1, 0.15) is 20.7 Å². The molecule has 0 amide bonds. The van der Waals surface area contributed by atoms with Crippen LogP contribution >= 0.6 is 11.6 Å². The van der Waals surface area contributed by atoms with Gasteiger partial charge < -0.3 is 10.1 Å². The van der Waals surface area contributed by atoms with Gasteiger partial charge in [0.2, 0.25) is 11.6 Å². The highest BCUT2D eigenvalue weighted by atomic mass is 35.5. The maximum absolute atomic E-state index is 12.8. The Morgan fingerprint density at radius 2 is 1.41 bits per heavy atom. The fraction of sp³-hybridized carbons (Fsp3) is 0.0435. The highest BCUT2D eigenvalue weighted by molar-refractivity contribution is 7.92. The summed E-state index contributed by atoms with van der Waals surface area (Å²) in [6.45, 7) is 0. The van der Waals surface area contributed by atoms with E-state index < -0.39 is 21.6 Å². The molecule has 0 saturated carbocycles. The van der Waals surface area contributed by atoms with Gasteiger partial charge in [-0.25, -0.2) is 8.42 Å². The fourth-order valence-electron chi connectivity index (χ4n) is 3.25. The molecule has 0 fully saturated rings. The number of fused-ring (bicyclic) bond motifs is 1. The number of Topliss-reactive ketones (excluding diaryl/α,β-unsaturated/α-hetero) is 2. The van der Waals surface area contributed by atoms with Crippen LogP contribution in [0.25, 0.3) is 0 Å². The monoisotopic (exact) mass is 468 g/mol. The summed E-state index contributed by atoms with van der Waals surface area (Å²) in [5, 5.41) is 2.62. The number of ketones is 2. The Bertz CT molecular complexity index is 1370. The number of halogens is 1. The largest absolute Gasteiger partial charge is 0.495 e. The lowest BCUT2D eigenvalue weighted by atomic mass is 9.92. The van der Waals surface area contributed by atoms with Crippen molar-refractivity contribution in [3.63, 3.8) is 0 Å². The smallest absolute Gasteiger partial charge is 0.262 e. The van der Waals surface area contributed by atoms with Crippen molar-refractivity contribution in [2.75, 3.05) is 17.1 Å². The first-order valence-corrected chi connectivity index (χ1v) is 11.3. The second-order valence-electron chi connectivity index (χ2n) is 6.85. The quantitative estimate of drug-likeness (QED) is 0.554. The fourth-order valence-corrected chi connectivity index (χ4v) is 4.56. The van der Waals surface area contributed by atoms with Crippen LogP contribution in [0.3, 0.4) is 0 Å². The Balaban J connectivity index is 1.57. The van der Waals surface area contributed by atoms with Crippen LogP contribution < -0.4 is 14.8 Å². The number of carbonyl (C=O) groups excluding carboxylic acids is 2. The molecule has 0 radical (unpaired) electrons. The number of hydrogen-bond acceptors (Lipinski definition) is 6. The Hall–Kier alpha value is -3.62. The number of benzene rings is 3. The molecule has 0 aromatic heterocycles. The molecule has 3 aromatic carbocycles. The molecule has 2 N–H and O–H groups in total. The van der Waals surface area contributed by atoms with Crippen LogP contribution in [0.4, 0.5) is 11.4 Å². The van der Waals surface area contributed by atoms with E-state index in [4.69, 9.17) is 16.3 Å². The average Bonchev–Trinajstić information content (AvgIpc) is 2.81. The summed E-state index contributed by atoms with van der Waals surface area (Å²) in [4.78, 5) is 25.3. The van der Waals surface area contributed by atoms with Crippen LogP contribution in [-0.2, 0) is 10.0 Å². The van der Waals surface area contributed by atoms with Gasteiger partial charge in [0.05, 0.1) is 17.7 Å². The minimum Gasteiger partial charge on any atom is -0.495 e. The number of methoxy groups -OCH3 is 1. The van der Waals surface area contributed by atoms with E-state index in [2.05, 4.69) is 10.0 Å². The number of rotatable bonds is 6. The Labute approximate surface area is 189 Å². The third-order valence-corrected chi connectivity index (χ3v) is 6.59. The molecule has 0 heterocycles. The Morgan fingerprint density at radius 1 is 0.812 bits per heavy atom. The van der Waals surface area contributed by atoms with Crippen LogP contribution in [-0.4, -0.2) is 27.1 Å². The van der Waals surface area contributed by atoms with Gasteiger partial charge in [0.1, 0.15) is 16.5 Å². The second-order valence-corrected chi connectivity index (χ2v) is 8.91. The Kier molecular flexibility index (Phi) is 5.73. The SMILES string of the molecule is COc1ccccc1NS(=O)(=O)c1ccc(NC2=C(Cl)C(=O)c3ccccc3C2=O)cc1. The molecule has 0 atom stereocenters. The van der Waals surface area contributed by atoms with E-state index in [1.807, 2.05) is 0 Å². The van der Waals surface area contributed by atoms with Gasteiger partial charge in [0.25, 0.3) is 10.0 Å². The van der Waals surface area contributed by atoms with Crippen molar-refractivity contribution >= 4 is 44.6 Å². The zero-order chi connectivity index (χ0) is 22.9. The molecule has 7 nitrogen and oxygen atoms in total. The number of nitrogens with one attached hydrogen (secondary N) is 2. The molecular weight excluding hydrogens is 452 g/mol. The summed E-state index contributed by atoms with van der Waals surface area (Å²) in [5.74, 6) is -0.485. The molecule has 1 aliphatic carbocycles. The van der Waals surface area contributed by atoms with E-state index in [0.717, 1.165) is 0 Å². The highest BCUT2D eigenvalue weighted by Gasteiger charge is 2.31. The normalized spacial score (nSPS) is 13.6. The molecule has 0 saturated heterocycles. The predicted molar refractivity (Wildman–Crippen MR) is 122 cm³/mol. The van der Waals surface area contributed by atoms with E-state index in [0.29, 0.717) is 17.1 Å². The van der Waals surface area contributed by atoms with Gasteiger partial charge >= 0.3 is 0 Å². The highest BCUT2D eigenvalue weighted by Crippen LogP contribution is 2.30. The number of para-hydroxylation sites is 2. The van der Waals surface area contributed by atoms with Crippen molar-refractivity contribution in [3.05, 3.63) is 94.7 Å². The van der Waals surface area contributed by atoms with Gasteiger partial charge in [-0.15, -0.1) is 0 Å². The van der Waals surface area contributed by atoms with Crippen LogP contribution in [0, 0.1) is 0 Å². The van der Waals surface area contributed by atoms with E-state index in [9.17, 15) is 18.0 Å². The third-order valence-electron chi connectivity index (χ3n) is 4.85. The molecule has 162 valence electrons. The summed E-state index contributed by atoms with van der Waals surface area (Å²) in [6, 6.07) is 18.8. The van der Waals surface area contributed by atoms with Crippen molar-refractivity contribution in [1.29, 1.82) is 0 Å². The molecule has 0 unspecified atom stereocenters. The van der Waals surface area contributed by atoms with Crippen LogP contribution in [0.15, 0.2) is 88.4 Å². The summed E-state index contributed by atoms with van der Waals surface area (Å²) >= 11 is 6.16. The minimum absolute atomic E-state index is 0.00502. The molecule has 1 aliphatic rings. The first-order chi connectivity index (χ1) is 15.3. The number of hydrogen-bond donors (Lipinski definition) is 2. The first kappa shape index (κ1) is 21.6. The summed E-state index contributed by atoms with van der Waals surface area (Å²) in [7, 11) is -2.44. The van der Waals surface area contributed by atoms with Crippen LogP contribution in [0.2, 0.25) is 0 Å². The van der Waals surface area contributed by atoms with Gasteiger partial charge in [0, 0.05) is 16.8 Å². The molecule has 3 aromatic rings. The van der Waals surface area contributed by atoms with Crippen molar-refractivity contribution in [2.45, 2.75) is 4.90 Å². The molecule has 0 aliphatic heterocycles. The zero-order valence-electron chi connectivity index (χ0n) is 16.8. The molecule has 0 spiro atoms. The molecule has 32 heavy (non-hydrogen) atoms. The average molecular weight is 469 g/mol. The number of sulfonamides is 1. The van der Waals surface area contributed by atoms with Gasteiger partial charge in [-0.2, -0.15) is 0 Å². The lowest BCUT2D eigenvalue weighted by Gasteiger charge is -2.19. The summed E-state index contributed by atoms with van der Waals surface area (Å²) < 4.78 is 33.1. The maximum atomic E-state index is 12.8. The minimum atomic E-state index is -3.88. The molecular formula is C23H17ClN2O5S. The second kappa shape index (κ2) is 8.49. The lowest BCUT2D eigenvalue weighted by Crippen LogP contribution is -2.24. The van der Waals surface area contributed by atoms with Crippen molar-refractivity contribution in [2.24, 2.45) is 0 Å².